The van der Waals surface area contributed by atoms with Crippen molar-refractivity contribution in [2.24, 2.45) is 0 Å². The number of benzene rings is 1. The van der Waals surface area contributed by atoms with Gasteiger partial charge in [-0.1, -0.05) is 0 Å². The number of hydrogen-bond donors (Lipinski definition) is 0. The van der Waals surface area contributed by atoms with E-state index >= 15 is 0 Å². The largest absolute Gasteiger partial charge is 0.494 e. The standard InChI is InChI=1S/C19H20N2O2S/c1-3-23-17-8-6-16(7-9-17)21(14-4-13-20)19(22)12-11-18-10-5-15(2)24-18/h5-12H,3-4,14H2,1-2H3/b12-11+. The average Bonchev–Trinajstić information content (AvgIpc) is 3.00. The molecule has 0 N–H and O–H groups in total. The Labute approximate surface area is 146 Å². The van der Waals surface area contributed by atoms with Crippen molar-refractivity contribution in [3.05, 3.63) is 52.2 Å². The topological polar surface area (TPSA) is 53.3 Å². The third-order valence-electron chi connectivity index (χ3n) is 3.32. The van der Waals surface area contributed by atoms with Crippen molar-refractivity contribution in [1.82, 2.24) is 0 Å². The van der Waals surface area contributed by atoms with Gasteiger partial charge in [0, 0.05) is 28.1 Å². The number of nitrogens with zero attached hydrogens (tertiary/aromatic N) is 2. The zero-order valence-corrected chi connectivity index (χ0v) is 14.7. The maximum atomic E-state index is 12.5. The maximum absolute atomic E-state index is 12.5. The first-order valence-corrected chi connectivity index (χ1v) is 8.61. The van der Waals surface area contributed by atoms with Gasteiger partial charge in [0.1, 0.15) is 5.75 Å². The maximum Gasteiger partial charge on any atom is 0.251 e. The summed E-state index contributed by atoms with van der Waals surface area (Å²) >= 11 is 1.64. The lowest BCUT2D eigenvalue weighted by Gasteiger charge is -2.20. The molecule has 1 heterocycles. The molecular weight excluding hydrogens is 320 g/mol. The van der Waals surface area contributed by atoms with E-state index in [9.17, 15) is 4.79 Å². The Morgan fingerprint density at radius 3 is 2.62 bits per heavy atom. The van der Waals surface area contributed by atoms with Gasteiger partial charge in [0.2, 0.25) is 0 Å². The van der Waals surface area contributed by atoms with E-state index in [4.69, 9.17) is 10.00 Å². The molecule has 1 aromatic carbocycles. The molecule has 0 bridgehead atoms. The number of rotatable bonds is 7. The Bertz CT molecular complexity index is 741. The fourth-order valence-electron chi connectivity index (χ4n) is 2.20. The summed E-state index contributed by atoms with van der Waals surface area (Å²) in [6, 6.07) is 13.4. The molecule has 0 fully saturated rings. The van der Waals surface area contributed by atoms with Crippen LogP contribution in [0.5, 0.6) is 5.75 Å². The van der Waals surface area contributed by atoms with E-state index < -0.39 is 0 Å². The molecule has 0 saturated heterocycles. The first-order valence-electron chi connectivity index (χ1n) is 7.80. The van der Waals surface area contributed by atoms with E-state index in [-0.39, 0.29) is 12.3 Å². The van der Waals surface area contributed by atoms with Crippen LogP contribution < -0.4 is 9.64 Å². The molecule has 24 heavy (non-hydrogen) atoms. The van der Waals surface area contributed by atoms with Crippen molar-refractivity contribution < 1.29 is 9.53 Å². The van der Waals surface area contributed by atoms with Gasteiger partial charge in [0.15, 0.2) is 0 Å². The van der Waals surface area contributed by atoms with Gasteiger partial charge in [-0.25, -0.2) is 0 Å². The predicted octanol–water partition coefficient (Wildman–Crippen LogP) is 4.42. The second-order valence-electron chi connectivity index (χ2n) is 5.11. The van der Waals surface area contributed by atoms with E-state index in [2.05, 4.69) is 6.07 Å². The zero-order chi connectivity index (χ0) is 17.4. The highest BCUT2D eigenvalue weighted by molar-refractivity contribution is 7.12. The molecule has 5 heteroatoms. The molecule has 0 saturated carbocycles. The minimum atomic E-state index is -0.138. The van der Waals surface area contributed by atoms with Gasteiger partial charge in [0.05, 0.1) is 19.1 Å². The summed E-state index contributed by atoms with van der Waals surface area (Å²) < 4.78 is 5.42. The van der Waals surface area contributed by atoms with Gasteiger partial charge in [-0.2, -0.15) is 5.26 Å². The fraction of sp³-hybridized carbons (Fsp3) is 0.263. The second kappa shape index (κ2) is 8.90. The van der Waals surface area contributed by atoms with Gasteiger partial charge in [-0.3, -0.25) is 4.79 Å². The van der Waals surface area contributed by atoms with Crippen molar-refractivity contribution in [3.63, 3.8) is 0 Å². The molecule has 2 aromatic rings. The monoisotopic (exact) mass is 340 g/mol. The van der Waals surface area contributed by atoms with Crippen molar-refractivity contribution >= 4 is 29.0 Å². The third-order valence-corrected chi connectivity index (χ3v) is 4.29. The van der Waals surface area contributed by atoms with Crippen molar-refractivity contribution in [2.75, 3.05) is 18.1 Å². The summed E-state index contributed by atoms with van der Waals surface area (Å²) in [4.78, 5) is 16.4. The molecule has 4 nitrogen and oxygen atoms in total. The summed E-state index contributed by atoms with van der Waals surface area (Å²) in [5.74, 6) is 0.624. The molecule has 0 spiro atoms. The van der Waals surface area contributed by atoms with Crippen molar-refractivity contribution in [2.45, 2.75) is 20.3 Å². The van der Waals surface area contributed by atoms with Gasteiger partial charge < -0.3 is 9.64 Å². The first-order chi connectivity index (χ1) is 11.6. The van der Waals surface area contributed by atoms with E-state index in [1.54, 1.807) is 22.3 Å². The summed E-state index contributed by atoms with van der Waals surface area (Å²) in [5.41, 5.74) is 0.755. The highest BCUT2D eigenvalue weighted by atomic mass is 32.1. The van der Waals surface area contributed by atoms with E-state index in [1.807, 2.05) is 56.3 Å². The average molecular weight is 340 g/mol. The minimum absolute atomic E-state index is 0.138. The number of anilines is 1. The lowest BCUT2D eigenvalue weighted by Crippen LogP contribution is -2.30. The molecule has 0 aliphatic heterocycles. The Kier molecular flexibility index (Phi) is 6.59. The van der Waals surface area contributed by atoms with Gasteiger partial charge in [-0.15, -0.1) is 11.3 Å². The molecule has 1 amide bonds. The summed E-state index contributed by atoms with van der Waals surface area (Å²) in [6.07, 6.45) is 3.65. The Balaban J connectivity index is 2.15. The van der Waals surface area contributed by atoms with E-state index in [1.165, 1.54) is 4.88 Å². The highest BCUT2D eigenvalue weighted by Crippen LogP contribution is 2.21. The molecule has 0 aliphatic carbocycles. The molecule has 2 rings (SSSR count). The van der Waals surface area contributed by atoms with Crippen LogP contribution in [0.25, 0.3) is 6.08 Å². The van der Waals surface area contributed by atoms with Crippen LogP contribution in [-0.2, 0) is 4.79 Å². The van der Waals surface area contributed by atoms with Crippen LogP contribution in [0.1, 0.15) is 23.1 Å². The summed E-state index contributed by atoms with van der Waals surface area (Å²) in [7, 11) is 0. The van der Waals surface area contributed by atoms with Crippen LogP contribution >= 0.6 is 11.3 Å². The predicted molar refractivity (Wildman–Crippen MR) is 98.3 cm³/mol. The lowest BCUT2D eigenvalue weighted by molar-refractivity contribution is -0.114. The van der Waals surface area contributed by atoms with Crippen LogP contribution in [0.2, 0.25) is 0 Å². The summed E-state index contributed by atoms with van der Waals surface area (Å²) in [6.45, 7) is 4.91. The van der Waals surface area contributed by atoms with E-state index in [0.717, 1.165) is 16.3 Å². The minimum Gasteiger partial charge on any atom is -0.494 e. The van der Waals surface area contributed by atoms with Crippen LogP contribution in [0.3, 0.4) is 0 Å². The molecule has 0 atom stereocenters. The highest BCUT2D eigenvalue weighted by Gasteiger charge is 2.13. The Morgan fingerprint density at radius 1 is 1.29 bits per heavy atom. The van der Waals surface area contributed by atoms with Crippen LogP contribution in [0, 0.1) is 18.3 Å². The quantitative estimate of drug-likeness (QED) is 0.701. The number of hydrogen-bond acceptors (Lipinski definition) is 4. The van der Waals surface area contributed by atoms with Crippen LogP contribution in [0.15, 0.2) is 42.5 Å². The second-order valence-corrected chi connectivity index (χ2v) is 6.43. The molecule has 0 radical (unpaired) electrons. The van der Waals surface area contributed by atoms with Crippen LogP contribution in [0.4, 0.5) is 5.69 Å². The lowest BCUT2D eigenvalue weighted by atomic mass is 10.2. The zero-order valence-electron chi connectivity index (χ0n) is 13.9. The molecular formula is C19H20N2O2S. The van der Waals surface area contributed by atoms with Gasteiger partial charge >= 0.3 is 0 Å². The summed E-state index contributed by atoms with van der Waals surface area (Å²) in [5, 5.41) is 8.84. The normalized spacial score (nSPS) is 10.5. The number of carbonyl (C=O) groups excluding carboxylic acids is 1. The molecule has 124 valence electrons. The Hall–Kier alpha value is -2.58. The van der Waals surface area contributed by atoms with Crippen LogP contribution in [-0.4, -0.2) is 19.1 Å². The van der Waals surface area contributed by atoms with E-state index in [0.29, 0.717) is 13.2 Å². The Morgan fingerprint density at radius 2 is 2.04 bits per heavy atom. The van der Waals surface area contributed by atoms with Gasteiger partial charge in [0.25, 0.3) is 5.91 Å². The van der Waals surface area contributed by atoms with Gasteiger partial charge in [-0.05, 0) is 56.3 Å². The SMILES string of the molecule is CCOc1ccc(N(CCC#N)C(=O)/C=C/c2ccc(C)s2)cc1. The van der Waals surface area contributed by atoms with Crippen molar-refractivity contribution in [3.8, 4) is 11.8 Å². The van der Waals surface area contributed by atoms with Crippen molar-refractivity contribution in [1.29, 1.82) is 5.26 Å². The number of aryl methyl sites for hydroxylation is 1. The number of amides is 1. The fourth-order valence-corrected chi connectivity index (χ4v) is 2.98. The molecule has 0 unspecified atom stereocenters. The smallest absolute Gasteiger partial charge is 0.251 e. The molecule has 1 aromatic heterocycles. The number of ether oxygens (including phenoxy) is 1. The first kappa shape index (κ1) is 17.8. The third kappa shape index (κ3) is 4.97. The number of carbonyl (C=O) groups is 1. The number of nitriles is 1. The number of thiophene rings is 1. The molecule has 0 aliphatic rings.